The number of aliphatic hydroxyl groups excluding tert-OH is 1. The highest BCUT2D eigenvalue weighted by Crippen LogP contribution is 2.20. The highest BCUT2D eigenvalue weighted by Gasteiger charge is 2.22. The van der Waals surface area contributed by atoms with Gasteiger partial charge in [0, 0.05) is 31.6 Å². The van der Waals surface area contributed by atoms with Crippen LogP contribution in [0.4, 0.5) is 10.5 Å². The van der Waals surface area contributed by atoms with Crippen molar-refractivity contribution in [2.24, 2.45) is 5.92 Å². The molecule has 1 aliphatic heterocycles. The zero-order valence-electron chi connectivity index (χ0n) is 12.3. The molecule has 1 fully saturated rings. The van der Waals surface area contributed by atoms with Crippen molar-refractivity contribution in [1.29, 1.82) is 0 Å². The number of amides is 2. The molecule has 6 nitrogen and oxygen atoms in total. The Balaban J connectivity index is 1.58. The predicted octanol–water partition coefficient (Wildman–Crippen LogP) is 2.31. The van der Waals surface area contributed by atoms with E-state index in [9.17, 15) is 4.79 Å². The number of aromatic nitrogens is 2. The molecule has 0 saturated carbocycles. The minimum Gasteiger partial charge on any atom is -0.396 e. The molecule has 0 atom stereocenters. The van der Waals surface area contributed by atoms with Crippen molar-refractivity contribution in [3.63, 3.8) is 0 Å². The Morgan fingerprint density at radius 1 is 1.27 bits per heavy atom. The largest absolute Gasteiger partial charge is 0.396 e. The Kier molecular flexibility index (Phi) is 4.39. The molecule has 3 N–H and O–H groups in total. The van der Waals surface area contributed by atoms with Crippen LogP contribution < -0.4 is 5.32 Å². The molecule has 116 valence electrons. The molecule has 0 bridgehead atoms. The fourth-order valence-electron chi connectivity index (χ4n) is 2.67. The topological polar surface area (TPSA) is 81.2 Å². The molecule has 3 rings (SSSR count). The number of benzene rings is 1. The lowest BCUT2D eigenvalue weighted by atomic mass is 9.98. The van der Waals surface area contributed by atoms with Crippen LogP contribution in [-0.2, 0) is 0 Å². The molecule has 0 aliphatic carbocycles. The second-order valence-electron chi connectivity index (χ2n) is 5.59. The van der Waals surface area contributed by atoms with Crippen LogP contribution >= 0.6 is 0 Å². The molecule has 0 radical (unpaired) electrons. The smallest absolute Gasteiger partial charge is 0.321 e. The van der Waals surface area contributed by atoms with Gasteiger partial charge in [-0.05, 0) is 42.5 Å². The number of anilines is 1. The SMILES string of the molecule is O=C(Nc1ccc(-c2ccn[nH]2)cc1)N1CCC(CO)CC1. The van der Waals surface area contributed by atoms with Crippen molar-refractivity contribution in [3.8, 4) is 11.3 Å². The Hall–Kier alpha value is -2.34. The van der Waals surface area contributed by atoms with Crippen LogP contribution in [0.5, 0.6) is 0 Å². The van der Waals surface area contributed by atoms with Gasteiger partial charge in [-0.25, -0.2) is 4.79 Å². The fraction of sp³-hybridized carbons (Fsp3) is 0.375. The predicted molar refractivity (Wildman–Crippen MR) is 84.4 cm³/mol. The molecule has 6 heteroatoms. The van der Waals surface area contributed by atoms with Crippen molar-refractivity contribution in [1.82, 2.24) is 15.1 Å². The lowest BCUT2D eigenvalue weighted by Gasteiger charge is -2.31. The van der Waals surface area contributed by atoms with E-state index in [1.165, 1.54) is 0 Å². The van der Waals surface area contributed by atoms with E-state index in [1.54, 1.807) is 11.1 Å². The number of hydrogen-bond donors (Lipinski definition) is 3. The standard InChI is InChI=1S/C16H20N4O2/c21-11-12-6-9-20(10-7-12)16(22)18-14-3-1-13(2-4-14)15-5-8-17-19-15/h1-5,8,12,21H,6-7,9-11H2,(H,17,19)(H,18,22). The average Bonchev–Trinajstić information content (AvgIpc) is 3.10. The molecule has 2 aromatic rings. The van der Waals surface area contributed by atoms with Crippen LogP contribution in [0.3, 0.4) is 0 Å². The Labute approximate surface area is 129 Å². The molecular formula is C16H20N4O2. The maximum atomic E-state index is 12.2. The van der Waals surface area contributed by atoms with Crippen molar-refractivity contribution in [2.75, 3.05) is 25.0 Å². The first-order valence-corrected chi connectivity index (χ1v) is 7.53. The molecular weight excluding hydrogens is 280 g/mol. The average molecular weight is 300 g/mol. The second kappa shape index (κ2) is 6.62. The first kappa shape index (κ1) is 14.6. The van der Waals surface area contributed by atoms with Gasteiger partial charge in [0.1, 0.15) is 0 Å². The molecule has 22 heavy (non-hydrogen) atoms. The minimum atomic E-state index is -0.0781. The molecule has 0 unspecified atom stereocenters. The summed E-state index contributed by atoms with van der Waals surface area (Å²) >= 11 is 0. The van der Waals surface area contributed by atoms with E-state index in [2.05, 4.69) is 15.5 Å². The van der Waals surface area contributed by atoms with Gasteiger partial charge in [0.15, 0.2) is 0 Å². The summed E-state index contributed by atoms with van der Waals surface area (Å²) in [4.78, 5) is 14.0. The molecule has 2 heterocycles. The van der Waals surface area contributed by atoms with Crippen molar-refractivity contribution in [3.05, 3.63) is 36.5 Å². The summed E-state index contributed by atoms with van der Waals surface area (Å²) < 4.78 is 0. The van der Waals surface area contributed by atoms with Crippen LogP contribution in [0, 0.1) is 5.92 Å². The van der Waals surface area contributed by atoms with Gasteiger partial charge in [0.25, 0.3) is 0 Å². The Morgan fingerprint density at radius 3 is 2.59 bits per heavy atom. The molecule has 1 aromatic heterocycles. The molecule has 1 aliphatic rings. The summed E-state index contributed by atoms with van der Waals surface area (Å²) in [5.41, 5.74) is 2.75. The zero-order chi connectivity index (χ0) is 15.4. The maximum absolute atomic E-state index is 12.2. The van der Waals surface area contributed by atoms with E-state index in [4.69, 9.17) is 5.11 Å². The number of likely N-dealkylation sites (tertiary alicyclic amines) is 1. The molecule has 2 amide bonds. The minimum absolute atomic E-state index is 0.0781. The van der Waals surface area contributed by atoms with Crippen molar-refractivity contribution >= 4 is 11.7 Å². The Bertz CT molecular complexity index is 602. The monoisotopic (exact) mass is 300 g/mol. The normalized spacial score (nSPS) is 15.8. The van der Waals surface area contributed by atoms with Gasteiger partial charge in [-0.2, -0.15) is 5.10 Å². The quantitative estimate of drug-likeness (QED) is 0.813. The van der Waals surface area contributed by atoms with Crippen LogP contribution in [-0.4, -0.2) is 45.9 Å². The number of carbonyl (C=O) groups excluding carboxylic acids is 1. The zero-order valence-corrected chi connectivity index (χ0v) is 12.3. The second-order valence-corrected chi connectivity index (χ2v) is 5.59. The van der Waals surface area contributed by atoms with Crippen LogP contribution in [0.1, 0.15) is 12.8 Å². The summed E-state index contributed by atoms with van der Waals surface area (Å²) in [7, 11) is 0. The summed E-state index contributed by atoms with van der Waals surface area (Å²) in [5, 5.41) is 18.9. The van der Waals surface area contributed by atoms with Crippen LogP contribution in [0.25, 0.3) is 11.3 Å². The summed E-state index contributed by atoms with van der Waals surface area (Å²) in [6, 6.07) is 9.48. The lowest BCUT2D eigenvalue weighted by Crippen LogP contribution is -2.41. The number of piperidine rings is 1. The van der Waals surface area contributed by atoms with Gasteiger partial charge in [-0.1, -0.05) is 12.1 Å². The van der Waals surface area contributed by atoms with E-state index in [0.717, 1.165) is 29.8 Å². The van der Waals surface area contributed by atoms with Crippen LogP contribution in [0.15, 0.2) is 36.5 Å². The van der Waals surface area contributed by atoms with Gasteiger partial charge in [0.05, 0.1) is 5.69 Å². The lowest BCUT2D eigenvalue weighted by molar-refractivity contribution is 0.143. The van der Waals surface area contributed by atoms with Gasteiger partial charge >= 0.3 is 6.03 Å². The van der Waals surface area contributed by atoms with E-state index >= 15 is 0 Å². The number of carbonyl (C=O) groups is 1. The van der Waals surface area contributed by atoms with Gasteiger partial charge in [-0.15, -0.1) is 0 Å². The number of urea groups is 1. The van der Waals surface area contributed by atoms with Gasteiger partial charge in [0.2, 0.25) is 0 Å². The fourth-order valence-corrected chi connectivity index (χ4v) is 2.67. The summed E-state index contributed by atoms with van der Waals surface area (Å²) in [5.74, 6) is 0.331. The molecule has 1 saturated heterocycles. The van der Waals surface area contributed by atoms with E-state index in [0.29, 0.717) is 19.0 Å². The highest BCUT2D eigenvalue weighted by atomic mass is 16.3. The molecule has 0 spiro atoms. The summed E-state index contributed by atoms with van der Waals surface area (Å²) in [6.45, 7) is 1.61. The number of aliphatic hydroxyl groups is 1. The third kappa shape index (κ3) is 3.28. The van der Waals surface area contributed by atoms with Gasteiger partial charge < -0.3 is 15.3 Å². The van der Waals surface area contributed by atoms with E-state index < -0.39 is 0 Å². The Morgan fingerprint density at radius 2 is 2.00 bits per heavy atom. The van der Waals surface area contributed by atoms with Crippen molar-refractivity contribution < 1.29 is 9.90 Å². The molecule has 1 aromatic carbocycles. The first-order chi connectivity index (χ1) is 10.8. The summed E-state index contributed by atoms with van der Waals surface area (Å²) in [6.07, 6.45) is 3.44. The van der Waals surface area contributed by atoms with E-state index in [-0.39, 0.29) is 12.6 Å². The number of H-pyrrole nitrogens is 1. The van der Waals surface area contributed by atoms with E-state index in [1.807, 2.05) is 30.3 Å². The highest BCUT2D eigenvalue weighted by molar-refractivity contribution is 5.89. The number of rotatable bonds is 3. The third-order valence-electron chi connectivity index (χ3n) is 4.11. The first-order valence-electron chi connectivity index (χ1n) is 7.53. The number of nitrogens with one attached hydrogen (secondary N) is 2. The number of aromatic amines is 1. The van der Waals surface area contributed by atoms with Gasteiger partial charge in [-0.3, -0.25) is 5.10 Å². The maximum Gasteiger partial charge on any atom is 0.321 e. The van der Waals surface area contributed by atoms with Crippen molar-refractivity contribution in [2.45, 2.75) is 12.8 Å². The number of nitrogens with zero attached hydrogens (tertiary/aromatic N) is 2. The van der Waals surface area contributed by atoms with Crippen LogP contribution in [0.2, 0.25) is 0 Å². The number of hydrogen-bond acceptors (Lipinski definition) is 3. The third-order valence-corrected chi connectivity index (χ3v) is 4.11.